The molecule has 0 radical (unpaired) electrons. The fourth-order valence-corrected chi connectivity index (χ4v) is 3.68. The van der Waals surface area contributed by atoms with E-state index in [2.05, 4.69) is 28.4 Å². The number of likely N-dealkylation sites (tertiary alicyclic amines) is 1. The van der Waals surface area contributed by atoms with Crippen molar-refractivity contribution in [3.8, 4) is 0 Å². The number of nitrogens with two attached hydrogens (primary N) is 1. The molecular weight excluding hydrogens is 258 g/mol. The number of nitrogens with zero attached hydrogens (tertiary/aromatic N) is 1. The topological polar surface area (TPSA) is 41.3 Å². The van der Waals surface area contributed by atoms with Gasteiger partial charge in [0, 0.05) is 12.6 Å². The smallest absolute Gasteiger partial charge is 0.0576 e. The molecule has 0 unspecified atom stereocenters. The van der Waals surface area contributed by atoms with Gasteiger partial charge < -0.3 is 11.1 Å². The van der Waals surface area contributed by atoms with Gasteiger partial charge in [-0.05, 0) is 56.5 Å². The summed E-state index contributed by atoms with van der Waals surface area (Å²) in [5, 5.41) is 3.64. The molecular formula is C18H29N3. The van der Waals surface area contributed by atoms with Crippen molar-refractivity contribution in [2.24, 2.45) is 0 Å². The summed E-state index contributed by atoms with van der Waals surface area (Å²) in [5.74, 6) is 0. The Morgan fingerprint density at radius 1 is 1.00 bits per heavy atom. The lowest BCUT2D eigenvalue weighted by atomic mass is 9.95. The molecule has 3 rings (SSSR count). The number of piperidine rings is 1. The van der Waals surface area contributed by atoms with E-state index in [0.717, 1.165) is 17.9 Å². The molecule has 3 N–H and O–H groups in total. The molecule has 1 aromatic rings. The summed E-state index contributed by atoms with van der Waals surface area (Å²) in [6.07, 6.45) is 10.7. The summed E-state index contributed by atoms with van der Waals surface area (Å²) in [6, 6.07) is 7.22. The van der Waals surface area contributed by atoms with Crippen LogP contribution in [0.2, 0.25) is 0 Å². The molecule has 0 spiro atoms. The zero-order chi connectivity index (χ0) is 14.5. The molecule has 0 amide bonds. The van der Waals surface area contributed by atoms with Crippen molar-refractivity contribution >= 4 is 11.4 Å². The van der Waals surface area contributed by atoms with Crippen LogP contribution in [-0.4, -0.2) is 24.0 Å². The van der Waals surface area contributed by atoms with Gasteiger partial charge in [-0.2, -0.15) is 0 Å². The monoisotopic (exact) mass is 287 g/mol. The lowest BCUT2D eigenvalue weighted by Gasteiger charge is -2.27. The average Bonchev–Trinajstić information content (AvgIpc) is 2.52. The highest BCUT2D eigenvalue weighted by atomic mass is 15.1. The molecule has 1 heterocycles. The third-order valence-corrected chi connectivity index (χ3v) is 4.94. The first kappa shape index (κ1) is 14.7. The van der Waals surface area contributed by atoms with Crippen molar-refractivity contribution in [2.45, 2.75) is 64.0 Å². The summed E-state index contributed by atoms with van der Waals surface area (Å²) < 4.78 is 0. The SMILES string of the molecule is Nc1cc(CN2CCCCC2)ccc1NC1CCCCC1. The van der Waals surface area contributed by atoms with Crippen LogP contribution < -0.4 is 11.1 Å². The molecule has 1 aromatic carbocycles. The molecule has 0 bridgehead atoms. The van der Waals surface area contributed by atoms with Gasteiger partial charge in [-0.15, -0.1) is 0 Å². The molecule has 0 aromatic heterocycles. The molecule has 1 saturated heterocycles. The molecule has 0 atom stereocenters. The van der Waals surface area contributed by atoms with Gasteiger partial charge in [-0.1, -0.05) is 31.7 Å². The summed E-state index contributed by atoms with van der Waals surface area (Å²) in [5.41, 5.74) is 9.65. The van der Waals surface area contributed by atoms with Crippen molar-refractivity contribution < 1.29 is 0 Å². The maximum Gasteiger partial charge on any atom is 0.0576 e. The van der Waals surface area contributed by atoms with E-state index < -0.39 is 0 Å². The van der Waals surface area contributed by atoms with E-state index in [0.29, 0.717) is 6.04 Å². The number of hydrogen-bond donors (Lipinski definition) is 2. The second-order valence-electron chi connectivity index (χ2n) is 6.74. The fraction of sp³-hybridized carbons (Fsp3) is 0.667. The largest absolute Gasteiger partial charge is 0.397 e. The quantitative estimate of drug-likeness (QED) is 0.822. The Balaban J connectivity index is 1.59. The van der Waals surface area contributed by atoms with Gasteiger partial charge in [0.05, 0.1) is 11.4 Å². The van der Waals surface area contributed by atoms with Crippen LogP contribution in [0.5, 0.6) is 0 Å². The van der Waals surface area contributed by atoms with Crippen molar-refractivity contribution in [1.29, 1.82) is 0 Å². The first-order valence-electron chi connectivity index (χ1n) is 8.68. The first-order chi connectivity index (χ1) is 10.3. The molecule has 1 aliphatic heterocycles. The average molecular weight is 287 g/mol. The van der Waals surface area contributed by atoms with Crippen LogP contribution in [0.15, 0.2) is 18.2 Å². The highest BCUT2D eigenvalue weighted by molar-refractivity contribution is 5.67. The van der Waals surface area contributed by atoms with Gasteiger partial charge in [0.1, 0.15) is 0 Å². The second-order valence-corrected chi connectivity index (χ2v) is 6.74. The summed E-state index contributed by atoms with van der Waals surface area (Å²) in [4.78, 5) is 2.55. The van der Waals surface area contributed by atoms with Crippen LogP contribution in [0.4, 0.5) is 11.4 Å². The van der Waals surface area contributed by atoms with Crippen LogP contribution in [-0.2, 0) is 6.54 Å². The number of benzene rings is 1. The van der Waals surface area contributed by atoms with E-state index in [1.54, 1.807) is 0 Å². The van der Waals surface area contributed by atoms with Gasteiger partial charge in [0.25, 0.3) is 0 Å². The highest BCUT2D eigenvalue weighted by Crippen LogP contribution is 2.26. The normalized spacial score (nSPS) is 21.3. The Morgan fingerprint density at radius 2 is 1.71 bits per heavy atom. The van der Waals surface area contributed by atoms with E-state index in [1.807, 2.05) is 0 Å². The Morgan fingerprint density at radius 3 is 2.43 bits per heavy atom. The minimum atomic E-state index is 0.619. The minimum absolute atomic E-state index is 0.619. The van der Waals surface area contributed by atoms with Gasteiger partial charge in [-0.3, -0.25) is 4.90 Å². The predicted octanol–water partition coefficient (Wildman–Crippen LogP) is 4.00. The molecule has 2 aliphatic rings. The Kier molecular flexibility index (Phi) is 5.02. The maximum absolute atomic E-state index is 6.26. The summed E-state index contributed by atoms with van der Waals surface area (Å²) >= 11 is 0. The van der Waals surface area contributed by atoms with Crippen molar-refractivity contribution in [3.05, 3.63) is 23.8 Å². The van der Waals surface area contributed by atoms with Crippen molar-refractivity contribution in [1.82, 2.24) is 4.90 Å². The predicted molar refractivity (Wildman–Crippen MR) is 90.5 cm³/mol. The minimum Gasteiger partial charge on any atom is -0.397 e. The summed E-state index contributed by atoms with van der Waals surface area (Å²) in [7, 11) is 0. The molecule has 116 valence electrons. The number of rotatable bonds is 4. The molecule has 1 aliphatic carbocycles. The highest BCUT2D eigenvalue weighted by Gasteiger charge is 2.15. The Bertz CT molecular complexity index is 446. The van der Waals surface area contributed by atoms with E-state index in [4.69, 9.17) is 5.73 Å². The summed E-state index contributed by atoms with van der Waals surface area (Å²) in [6.45, 7) is 3.53. The van der Waals surface area contributed by atoms with Crippen LogP contribution in [0, 0.1) is 0 Å². The van der Waals surface area contributed by atoms with Crippen LogP contribution >= 0.6 is 0 Å². The lowest BCUT2D eigenvalue weighted by Crippen LogP contribution is -2.29. The fourth-order valence-electron chi connectivity index (χ4n) is 3.68. The maximum atomic E-state index is 6.26. The lowest BCUT2D eigenvalue weighted by molar-refractivity contribution is 0.221. The number of hydrogen-bond acceptors (Lipinski definition) is 3. The molecule has 21 heavy (non-hydrogen) atoms. The number of nitrogen functional groups attached to an aromatic ring is 1. The van der Waals surface area contributed by atoms with E-state index in [9.17, 15) is 0 Å². The van der Waals surface area contributed by atoms with Crippen LogP contribution in [0.25, 0.3) is 0 Å². The van der Waals surface area contributed by atoms with Crippen molar-refractivity contribution in [2.75, 3.05) is 24.1 Å². The van der Waals surface area contributed by atoms with E-state index in [-0.39, 0.29) is 0 Å². The Labute approximate surface area is 128 Å². The number of anilines is 2. The first-order valence-corrected chi connectivity index (χ1v) is 8.68. The Hall–Kier alpha value is -1.22. The van der Waals surface area contributed by atoms with E-state index >= 15 is 0 Å². The third kappa shape index (κ3) is 4.13. The standard InChI is InChI=1S/C18H29N3/c19-17-13-15(14-21-11-5-2-6-12-21)9-10-18(17)20-16-7-3-1-4-8-16/h9-10,13,16,20H,1-8,11-12,14,19H2. The van der Waals surface area contributed by atoms with Gasteiger partial charge in [0.2, 0.25) is 0 Å². The third-order valence-electron chi connectivity index (χ3n) is 4.94. The zero-order valence-corrected chi connectivity index (χ0v) is 13.1. The molecule has 3 nitrogen and oxygen atoms in total. The molecule has 2 fully saturated rings. The number of nitrogens with one attached hydrogen (secondary N) is 1. The van der Waals surface area contributed by atoms with Gasteiger partial charge >= 0.3 is 0 Å². The van der Waals surface area contributed by atoms with Crippen LogP contribution in [0.3, 0.4) is 0 Å². The molecule has 3 heteroatoms. The van der Waals surface area contributed by atoms with Crippen LogP contribution in [0.1, 0.15) is 56.9 Å². The van der Waals surface area contributed by atoms with Crippen molar-refractivity contribution in [3.63, 3.8) is 0 Å². The zero-order valence-electron chi connectivity index (χ0n) is 13.1. The second kappa shape index (κ2) is 7.17. The van der Waals surface area contributed by atoms with Gasteiger partial charge in [0.15, 0.2) is 0 Å². The van der Waals surface area contributed by atoms with E-state index in [1.165, 1.54) is 70.0 Å². The molecule has 1 saturated carbocycles. The van der Waals surface area contributed by atoms with Gasteiger partial charge in [-0.25, -0.2) is 0 Å².